The lowest BCUT2D eigenvalue weighted by Gasteiger charge is -2.21. The van der Waals surface area contributed by atoms with Crippen LogP contribution in [0, 0.1) is 5.92 Å². The van der Waals surface area contributed by atoms with Gasteiger partial charge in [0.1, 0.15) is 22.1 Å². The molecule has 0 unspecified atom stereocenters. The molecule has 0 radical (unpaired) electrons. The fourth-order valence-corrected chi connectivity index (χ4v) is 5.05. The quantitative estimate of drug-likeness (QED) is 0.311. The molecule has 0 saturated heterocycles. The third-order valence-electron chi connectivity index (χ3n) is 5.42. The molecule has 1 aliphatic rings. The van der Waals surface area contributed by atoms with E-state index in [9.17, 15) is 28.5 Å². The van der Waals surface area contributed by atoms with Gasteiger partial charge in [-0.15, -0.1) is 11.3 Å². The minimum Gasteiger partial charge on any atom is -0.396 e. The van der Waals surface area contributed by atoms with Gasteiger partial charge >= 0.3 is 6.18 Å². The van der Waals surface area contributed by atoms with Crippen LogP contribution < -0.4 is 10.6 Å². The highest BCUT2D eigenvalue weighted by Crippen LogP contribution is 2.40. The summed E-state index contributed by atoms with van der Waals surface area (Å²) in [5.41, 5.74) is 1.05. The number of nitrogens with one attached hydrogen (secondary N) is 2. The molecule has 2 heterocycles. The first kappa shape index (κ1) is 23.9. The van der Waals surface area contributed by atoms with Gasteiger partial charge in [0, 0.05) is 19.1 Å². The Morgan fingerprint density at radius 2 is 1.88 bits per heavy atom. The zero-order valence-corrected chi connectivity index (χ0v) is 18.6. The first-order valence-electron chi connectivity index (χ1n) is 10.1. The van der Waals surface area contributed by atoms with E-state index < -0.39 is 43.3 Å². The molecule has 4 atom stereocenters. The summed E-state index contributed by atoms with van der Waals surface area (Å²) in [7, 11) is 0. The highest BCUT2D eigenvalue weighted by molar-refractivity contribution is 7.21. The van der Waals surface area contributed by atoms with Crippen LogP contribution in [0.15, 0.2) is 24.3 Å². The molecule has 8 nitrogen and oxygen atoms in total. The standard InChI is InChI=1S/C20H21ClF3N5O3S/c21-16-13(18-27-10-3-1-2-4-12(10)33-18)17(26-11-7-9(8-30)14(31)15(11)32)29-19(28-16)25-6-5-20(22,23)24/h1-4,9,11,14-15,30-32H,5-8H2,(H2,25,26,28,29)/t9-,11-,14-,15+/m1/s1. The lowest BCUT2D eigenvalue weighted by atomic mass is 10.1. The van der Waals surface area contributed by atoms with Gasteiger partial charge in [0.05, 0.1) is 34.3 Å². The average Bonchev–Trinajstić information content (AvgIpc) is 3.28. The van der Waals surface area contributed by atoms with Gasteiger partial charge in [-0.3, -0.25) is 0 Å². The SMILES string of the molecule is OC[C@H]1C[C@@H](Nc2nc(NCCC(F)(F)F)nc(Cl)c2-c2nc3ccccc3s2)[C@H](O)[C@@H]1O. The number of para-hydroxylation sites is 1. The number of aliphatic hydroxyl groups excluding tert-OH is 3. The summed E-state index contributed by atoms with van der Waals surface area (Å²) in [5, 5.41) is 36.0. The second-order valence-corrected chi connectivity index (χ2v) is 9.14. The molecular formula is C20H21ClF3N5O3S. The predicted molar refractivity (Wildman–Crippen MR) is 119 cm³/mol. The van der Waals surface area contributed by atoms with E-state index in [1.165, 1.54) is 11.3 Å². The number of aromatic nitrogens is 3. The maximum Gasteiger partial charge on any atom is 0.390 e. The van der Waals surface area contributed by atoms with E-state index in [1.807, 2.05) is 24.3 Å². The Morgan fingerprint density at radius 3 is 2.55 bits per heavy atom. The lowest BCUT2D eigenvalue weighted by Crippen LogP contribution is -2.35. The van der Waals surface area contributed by atoms with Crippen molar-refractivity contribution in [3.05, 3.63) is 29.4 Å². The van der Waals surface area contributed by atoms with Gasteiger partial charge in [-0.05, 0) is 18.6 Å². The molecule has 0 aliphatic heterocycles. The Morgan fingerprint density at radius 1 is 1.12 bits per heavy atom. The van der Waals surface area contributed by atoms with Crippen LogP contribution in [0.25, 0.3) is 20.8 Å². The number of hydrogen-bond donors (Lipinski definition) is 5. The maximum atomic E-state index is 12.5. The highest BCUT2D eigenvalue weighted by atomic mass is 35.5. The smallest absolute Gasteiger partial charge is 0.390 e. The molecule has 0 amide bonds. The zero-order valence-electron chi connectivity index (χ0n) is 17.1. The Balaban J connectivity index is 1.70. The second kappa shape index (κ2) is 9.55. The van der Waals surface area contributed by atoms with Crippen LogP contribution in [-0.4, -0.2) is 67.8 Å². The average molecular weight is 504 g/mol. The number of nitrogens with zero attached hydrogens (tertiary/aromatic N) is 3. The Labute approximate surface area is 195 Å². The van der Waals surface area contributed by atoms with E-state index >= 15 is 0 Å². The Bertz CT molecular complexity index is 1100. The summed E-state index contributed by atoms with van der Waals surface area (Å²) in [4.78, 5) is 13.0. The van der Waals surface area contributed by atoms with Gasteiger partial charge in [0.2, 0.25) is 5.95 Å². The van der Waals surface area contributed by atoms with Gasteiger partial charge in [-0.2, -0.15) is 18.2 Å². The molecule has 1 aromatic carbocycles. The summed E-state index contributed by atoms with van der Waals surface area (Å²) in [5.74, 6) is -0.508. The van der Waals surface area contributed by atoms with Crippen LogP contribution in [0.5, 0.6) is 0 Å². The van der Waals surface area contributed by atoms with E-state index in [1.54, 1.807) is 0 Å². The van der Waals surface area contributed by atoms with Crippen molar-refractivity contribution in [1.29, 1.82) is 0 Å². The van der Waals surface area contributed by atoms with E-state index in [0.717, 1.165) is 10.2 Å². The molecule has 0 spiro atoms. The Kier molecular flexibility index (Phi) is 6.91. The molecule has 2 aromatic heterocycles. The van der Waals surface area contributed by atoms with E-state index in [0.29, 0.717) is 10.6 Å². The third-order valence-corrected chi connectivity index (χ3v) is 6.75. The van der Waals surface area contributed by atoms with Gasteiger partial charge in [-0.1, -0.05) is 23.7 Å². The molecule has 4 rings (SSSR count). The number of thiazole rings is 1. The van der Waals surface area contributed by atoms with E-state index in [2.05, 4.69) is 25.6 Å². The zero-order chi connectivity index (χ0) is 23.8. The summed E-state index contributed by atoms with van der Waals surface area (Å²) >= 11 is 7.77. The van der Waals surface area contributed by atoms with E-state index in [4.69, 9.17) is 11.6 Å². The topological polar surface area (TPSA) is 123 Å². The highest BCUT2D eigenvalue weighted by Gasteiger charge is 2.41. The number of benzene rings is 1. The van der Waals surface area contributed by atoms with Crippen LogP contribution in [-0.2, 0) is 0 Å². The number of fused-ring (bicyclic) bond motifs is 1. The van der Waals surface area contributed by atoms with Crippen molar-refractivity contribution in [1.82, 2.24) is 15.0 Å². The number of hydrogen-bond acceptors (Lipinski definition) is 9. The fraction of sp³-hybridized carbons (Fsp3) is 0.450. The van der Waals surface area contributed by atoms with Crippen LogP contribution in [0.4, 0.5) is 24.9 Å². The number of halogens is 4. The van der Waals surface area contributed by atoms with Crippen molar-refractivity contribution in [2.45, 2.75) is 37.3 Å². The van der Waals surface area contributed by atoms with Crippen molar-refractivity contribution >= 4 is 44.9 Å². The number of rotatable bonds is 7. The van der Waals surface area contributed by atoms with Gasteiger partial charge in [0.25, 0.3) is 0 Å². The molecule has 3 aromatic rings. The molecule has 33 heavy (non-hydrogen) atoms. The van der Waals surface area contributed by atoms with Crippen molar-refractivity contribution in [3.63, 3.8) is 0 Å². The fourth-order valence-electron chi connectivity index (χ4n) is 3.73. The number of anilines is 2. The van der Waals surface area contributed by atoms with Crippen molar-refractivity contribution < 1.29 is 28.5 Å². The first-order valence-corrected chi connectivity index (χ1v) is 11.3. The molecule has 178 valence electrons. The van der Waals surface area contributed by atoms with Gasteiger partial charge in [0.15, 0.2) is 0 Å². The predicted octanol–water partition coefficient (Wildman–Crippen LogP) is 3.29. The number of alkyl halides is 3. The second-order valence-electron chi connectivity index (χ2n) is 7.75. The van der Waals surface area contributed by atoms with Crippen LogP contribution >= 0.6 is 22.9 Å². The summed E-state index contributed by atoms with van der Waals surface area (Å²) in [6.45, 7) is -0.757. The molecular weight excluding hydrogens is 483 g/mol. The van der Waals surface area contributed by atoms with E-state index in [-0.39, 0.29) is 29.9 Å². The normalized spacial score (nSPS) is 23.2. The molecule has 1 aliphatic carbocycles. The molecule has 0 bridgehead atoms. The summed E-state index contributed by atoms with van der Waals surface area (Å²) < 4.78 is 38.5. The van der Waals surface area contributed by atoms with Gasteiger partial charge in [-0.25, -0.2) is 9.97 Å². The molecule has 1 fully saturated rings. The van der Waals surface area contributed by atoms with Crippen molar-refractivity contribution in [2.24, 2.45) is 5.92 Å². The summed E-state index contributed by atoms with van der Waals surface area (Å²) in [6, 6.07) is 6.73. The Hall–Kier alpha value is -2.25. The van der Waals surface area contributed by atoms with Crippen LogP contribution in [0.2, 0.25) is 5.15 Å². The van der Waals surface area contributed by atoms with Gasteiger partial charge < -0.3 is 26.0 Å². The van der Waals surface area contributed by atoms with Crippen LogP contribution in [0.1, 0.15) is 12.8 Å². The first-order chi connectivity index (χ1) is 15.7. The maximum absolute atomic E-state index is 12.5. The number of aliphatic hydroxyl groups is 3. The summed E-state index contributed by atoms with van der Waals surface area (Å²) in [6.07, 6.45) is -7.51. The minimum absolute atomic E-state index is 0.0344. The lowest BCUT2D eigenvalue weighted by molar-refractivity contribution is -0.131. The minimum atomic E-state index is -4.35. The molecule has 1 saturated carbocycles. The molecule has 13 heteroatoms. The van der Waals surface area contributed by atoms with Crippen molar-refractivity contribution in [2.75, 3.05) is 23.8 Å². The monoisotopic (exact) mass is 503 g/mol. The third kappa shape index (κ3) is 5.30. The molecule has 5 N–H and O–H groups in total. The van der Waals surface area contributed by atoms with Crippen molar-refractivity contribution in [3.8, 4) is 10.6 Å². The largest absolute Gasteiger partial charge is 0.396 e. The van der Waals surface area contributed by atoms with Crippen LogP contribution in [0.3, 0.4) is 0 Å².